The minimum atomic E-state index is -0.828. The molecule has 2 unspecified atom stereocenters. The van der Waals surface area contributed by atoms with Gasteiger partial charge in [-0.2, -0.15) is 0 Å². The Balaban J connectivity index is 1.28. The molecule has 4 aromatic rings. The van der Waals surface area contributed by atoms with Crippen LogP contribution >= 0.6 is 0 Å². The fourth-order valence-corrected chi connectivity index (χ4v) is 6.93. The maximum absolute atomic E-state index is 14.4. The highest BCUT2D eigenvalue weighted by molar-refractivity contribution is 5.97. The Morgan fingerprint density at radius 3 is 2.19 bits per heavy atom. The molecule has 2 saturated heterocycles. The molecule has 3 amide bonds. The summed E-state index contributed by atoms with van der Waals surface area (Å²) < 4.78 is 0. The monoisotopic (exact) mass is 645 g/mol. The Hall–Kier alpha value is -4.53. The number of fused-ring (bicyclic) bond motifs is 1. The van der Waals surface area contributed by atoms with Crippen molar-refractivity contribution in [2.45, 2.75) is 63.7 Å². The molecule has 48 heavy (non-hydrogen) atoms. The molecule has 2 heterocycles. The van der Waals surface area contributed by atoms with E-state index in [9.17, 15) is 14.4 Å². The van der Waals surface area contributed by atoms with Crippen LogP contribution < -0.4 is 16.4 Å². The Labute approximate surface area is 283 Å². The average Bonchev–Trinajstić information content (AvgIpc) is 3.08. The number of carbonyl (C=O) groups excluding carboxylic acids is 3. The number of hydrogen-bond acceptors (Lipinski definition) is 5. The smallest absolute Gasteiger partial charge is 0.246 e. The topological polar surface area (TPSA) is 108 Å². The number of carbonyl (C=O) groups is 3. The van der Waals surface area contributed by atoms with E-state index >= 15 is 0 Å². The molecule has 4 N–H and O–H groups in total. The van der Waals surface area contributed by atoms with Gasteiger partial charge >= 0.3 is 0 Å². The van der Waals surface area contributed by atoms with Crippen LogP contribution in [0.4, 0.5) is 0 Å². The van der Waals surface area contributed by atoms with Gasteiger partial charge in [0.15, 0.2) is 0 Å². The fraction of sp³-hybridized carbons (Fsp3) is 0.375. The first-order valence-electron chi connectivity index (χ1n) is 17.1. The van der Waals surface area contributed by atoms with Crippen molar-refractivity contribution in [2.75, 3.05) is 26.2 Å². The van der Waals surface area contributed by atoms with Gasteiger partial charge in [-0.1, -0.05) is 97.1 Å². The zero-order chi connectivity index (χ0) is 33.7. The molecule has 2 aliphatic heterocycles. The third kappa shape index (κ3) is 8.30. The van der Waals surface area contributed by atoms with Crippen LogP contribution in [0.3, 0.4) is 0 Å². The highest BCUT2D eigenvalue weighted by Crippen LogP contribution is 2.25. The van der Waals surface area contributed by atoms with Crippen molar-refractivity contribution in [1.82, 2.24) is 20.4 Å². The lowest BCUT2D eigenvalue weighted by Gasteiger charge is -2.42. The number of benzene rings is 4. The number of piperidine rings is 1. The summed E-state index contributed by atoms with van der Waals surface area (Å²) >= 11 is 0. The lowest BCUT2D eigenvalue weighted by Crippen LogP contribution is -2.66. The Morgan fingerprint density at radius 1 is 0.833 bits per heavy atom. The zero-order valence-electron chi connectivity index (χ0n) is 28.0. The molecule has 0 bridgehead atoms. The third-order valence-electron chi connectivity index (χ3n) is 9.53. The molecule has 0 spiro atoms. The van der Waals surface area contributed by atoms with E-state index in [4.69, 9.17) is 5.73 Å². The molecular formula is C40H47N5O3. The van der Waals surface area contributed by atoms with Crippen molar-refractivity contribution in [2.24, 2.45) is 11.7 Å². The van der Waals surface area contributed by atoms with Crippen LogP contribution in [-0.2, 0) is 27.3 Å². The molecule has 8 nitrogen and oxygen atoms in total. The molecular weight excluding hydrogens is 598 g/mol. The second kappa shape index (κ2) is 14.7. The molecule has 2 fully saturated rings. The van der Waals surface area contributed by atoms with E-state index in [2.05, 4.69) is 59.2 Å². The lowest BCUT2D eigenvalue weighted by molar-refractivity contribution is -0.152. The van der Waals surface area contributed by atoms with Crippen molar-refractivity contribution >= 4 is 28.5 Å². The number of nitrogens with zero attached hydrogens (tertiary/aromatic N) is 2. The largest absolute Gasteiger partial charge is 0.342 e. The number of nitrogens with one attached hydrogen (secondary N) is 2. The second-order valence-corrected chi connectivity index (χ2v) is 14.1. The summed E-state index contributed by atoms with van der Waals surface area (Å²) in [6, 6.07) is 31.0. The third-order valence-corrected chi connectivity index (χ3v) is 9.53. The SMILES string of the molecule is CC(C)(N)CC(=O)N(CC1CCNCC1)CC1C(=O)NC(Cc2ccc3ccccc3c2)C(=O)N1Cc1ccc(-c2ccccc2)cc1. The zero-order valence-corrected chi connectivity index (χ0v) is 28.0. The van der Waals surface area contributed by atoms with Crippen molar-refractivity contribution in [3.8, 4) is 11.1 Å². The Morgan fingerprint density at radius 2 is 1.48 bits per heavy atom. The van der Waals surface area contributed by atoms with Gasteiger partial charge in [0.1, 0.15) is 12.1 Å². The summed E-state index contributed by atoms with van der Waals surface area (Å²) in [7, 11) is 0. The normalized spacial score (nSPS) is 18.9. The molecule has 6 rings (SSSR count). The number of hydrogen-bond donors (Lipinski definition) is 3. The average molecular weight is 646 g/mol. The van der Waals surface area contributed by atoms with Crippen molar-refractivity contribution < 1.29 is 14.4 Å². The standard InChI is InChI=1S/C40H47N5O3/c1-40(2,41)24-37(46)44(25-29-18-20-42-21-19-29)27-36-38(47)43-35(23-30-14-17-32-10-6-7-11-34(32)22-30)39(48)45(36)26-28-12-15-33(16-13-28)31-8-4-3-5-9-31/h3-17,22,29,35-36,42H,18-21,23-27,41H2,1-2H3,(H,43,47). The van der Waals surface area contributed by atoms with Crippen molar-refractivity contribution in [3.63, 3.8) is 0 Å². The van der Waals surface area contributed by atoms with E-state index in [1.165, 1.54) is 0 Å². The number of rotatable bonds is 11. The molecule has 0 saturated carbocycles. The maximum atomic E-state index is 14.4. The second-order valence-electron chi connectivity index (χ2n) is 14.1. The maximum Gasteiger partial charge on any atom is 0.246 e. The van der Waals surface area contributed by atoms with E-state index in [0.717, 1.165) is 59.0 Å². The van der Waals surface area contributed by atoms with Crippen LogP contribution in [0.15, 0.2) is 97.1 Å². The highest BCUT2D eigenvalue weighted by Gasteiger charge is 2.42. The van der Waals surface area contributed by atoms with Crippen LogP contribution in [0.5, 0.6) is 0 Å². The van der Waals surface area contributed by atoms with Gasteiger partial charge in [0.05, 0.1) is 6.54 Å². The van der Waals surface area contributed by atoms with Crippen LogP contribution in [0, 0.1) is 5.92 Å². The van der Waals surface area contributed by atoms with Gasteiger partial charge in [-0.15, -0.1) is 0 Å². The quantitative estimate of drug-likeness (QED) is 0.215. The molecule has 0 aromatic heterocycles. The van der Waals surface area contributed by atoms with Crippen LogP contribution in [0.25, 0.3) is 21.9 Å². The van der Waals surface area contributed by atoms with Gasteiger partial charge in [0.25, 0.3) is 0 Å². The molecule has 4 aromatic carbocycles. The van der Waals surface area contributed by atoms with Gasteiger partial charge in [-0.25, -0.2) is 0 Å². The van der Waals surface area contributed by atoms with Gasteiger partial charge in [-0.05, 0) is 78.7 Å². The predicted molar refractivity (Wildman–Crippen MR) is 191 cm³/mol. The summed E-state index contributed by atoms with van der Waals surface area (Å²) in [4.78, 5) is 45.7. The Bertz CT molecular complexity index is 1730. The van der Waals surface area contributed by atoms with E-state index in [0.29, 0.717) is 18.9 Å². The predicted octanol–water partition coefficient (Wildman–Crippen LogP) is 4.90. The highest BCUT2D eigenvalue weighted by atomic mass is 16.2. The van der Waals surface area contributed by atoms with E-state index in [-0.39, 0.29) is 37.2 Å². The van der Waals surface area contributed by atoms with Crippen molar-refractivity contribution in [3.05, 3.63) is 108 Å². The Kier molecular flexibility index (Phi) is 10.2. The summed E-state index contributed by atoms with van der Waals surface area (Å²) in [6.45, 7) is 6.41. The minimum absolute atomic E-state index is 0.0910. The summed E-state index contributed by atoms with van der Waals surface area (Å²) in [6.07, 6.45) is 2.45. The van der Waals surface area contributed by atoms with Crippen LogP contribution in [0.1, 0.15) is 44.2 Å². The van der Waals surface area contributed by atoms with E-state index < -0.39 is 17.6 Å². The van der Waals surface area contributed by atoms with E-state index in [1.807, 2.05) is 62.4 Å². The summed E-state index contributed by atoms with van der Waals surface area (Å²) in [5.41, 5.74) is 9.69. The first-order valence-corrected chi connectivity index (χ1v) is 17.1. The van der Waals surface area contributed by atoms with Gasteiger partial charge in [-0.3, -0.25) is 14.4 Å². The molecule has 2 atom stereocenters. The number of amides is 3. The lowest BCUT2D eigenvalue weighted by atomic mass is 9.94. The van der Waals surface area contributed by atoms with Gasteiger partial charge in [0.2, 0.25) is 17.7 Å². The van der Waals surface area contributed by atoms with Gasteiger partial charge < -0.3 is 26.2 Å². The molecule has 0 aliphatic carbocycles. The molecule has 8 heteroatoms. The molecule has 250 valence electrons. The van der Waals surface area contributed by atoms with E-state index in [1.54, 1.807) is 9.80 Å². The molecule has 2 aliphatic rings. The summed E-state index contributed by atoms with van der Waals surface area (Å²) in [5.74, 6) is -0.158. The number of nitrogens with two attached hydrogens (primary N) is 1. The van der Waals surface area contributed by atoms with Crippen molar-refractivity contribution in [1.29, 1.82) is 0 Å². The summed E-state index contributed by atoms with van der Waals surface area (Å²) in [5, 5.41) is 8.66. The molecule has 0 radical (unpaired) electrons. The van der Waals surface area contributed by atoms with Crippen LogP contribution in [0.2, 0.25) is 0 Å². The van der Waals surface area contributed by atoms with Gasteiger partial charge in [0, 0.05) is 31.5 Å². The minimum Gasteiger partial charge on any atom is -0.342 e. The number of piperazine rings is 1. The van der Waals surface area contributed by atoms with Crippen LogP contribution in [-0.4, -0.2) is 71.3 Å². The first kappa shape index (κ1) is 33.4. The first-order chi connectivity index (χ1) is 23.1. The fourth-order valence-electron chi connectivity index (χ4n) is 6.93.